The second-order valence-corrected chi connectivity index (χ2v) is 8.87. The van der Waals surface area contributed by atoms with E-state index in [1.807, 2.05) is 6.07 Å². The molecule has 0 bridgehead atoms. The Morgan fingerprint density at radius 3 is 2.76 bits per heavy atom. The predicted molar refractivity (Wildman–Crippen MR) is 121 cm³/mol. The molecule has 4 rings (SSSR count). The molecule has 2 aromatic rings. The number of benzene rings is 1. The maximum absolute atomic E-state index is 12.9. The van der Waals surface area contributed by atoms with Gasteiger partial charge in [0.25, 0.3) is 5.56 Å². The summed E-state index contributed by atoms with van der Waals surface area (Å²) in [5.74, 6) is 0. The van der Waals surface area contributed by atoms with E-state index in [9.17, 15) is 4.79 Å². The number of fused-ring (bicyclic) bond motifs is 1. The third-order valence-electron chi connectivity index (χ3n) is 6.50. The summed E-state index contributed by atoms with van der Waals surface area (Å²) in [4.78, 5) is 18.2. The number of aromatic nitrogens is 1. The molecule has 0 amide bonds. The van der Waals surface area contributed by atoms with Gasteiger partial charge in [0.2, 0.25) is 0 Å². The normalized spacial score (nSPS) is 19.7. The van der Waals surface area contributed by atoms with Crippen LogP contribution >= 0.6 is 12.2 Å². The number of aromatic amines is 1. The van der Waals surface area contributed by atoms with Gasteiger partial charge in [-0.25, -0.2) is 0 Å². The van der Waals surface area contributed by atoms with E-state index in [0.717, 1.165) is 66.0 Å². The van der Waals surface area contributed by atoms with Crippen molar-refractivity contribution in [3.8, 4) is 0 Å². The highest BCUT2D eigenvalue weighted by Crippen LogP contribution is 2.26. The molecule has 156 valence electrons. The van der Waals surface area contributed by atoms with E-state index in [2.05, 4.69) is 41.2 Å². The maximum Gasteiger partial charge on any atom is 0.253 e. The first kappa shape index (κ1) is 20.4. The highest BCUT2D eigenvalue weighted by molar-refractivity contribution is 7.80. The molecule has 1 aliphatic heterocycles. The molecule has 0 radical (unpaired) electrons. The van der Waals surface area contributed by atoms with Gasteiger partial charge < -0.3 is 19.9 Å². The van der Waals surface area contributed by atoms with Crippen LogP contribution in [0.25, 0.3) is 10.9 Å². The van der Waals surface area contributed by atoms with E-state index < -0.39 is 0 Å². The molecule has 1 saturated heterocycles. The fourth-order valence-corrected chi connectivity index (χ4v) is 4.86. The van der Waals surface area contributed by atoms with Crippen LogP contribution in [0.4, 0.5) is 0 Å². The Kier molecular flexibility index (Phi) is 6.20. The molecule has 1 unspecified atom stereocenters. The van der Waals surface area contributed by atoms with Crippen molar-refractivity contribution in [2.75, 3.05) is 13.2 Å². The Bertz CT molecular complexity index is 943. The smallest absolute Gasteiger partial charge is 0.253 e. The molecule has 6 heteroatoms. The van der Waals surface area contributed by atoms with Crippen molar-refractivity contribution in [3.05, 3.63) is 45.2 Å². The van der Waals surface area contributed by atoms with Gasteiger partial charge in [0.1, 0.15) is 0 Å². The van der Waals surface area contributed by atoms with Gasteiger partial charge in [-0.2, -0.15) is 0 Å². The number of pyridine rings is 1. The van der Waals surface area contributed by atoms with E-state index in [0.29, 0.717) is 12.6 Å². The Labute approximate surface area is 177 Å². The lowest BCUT2D eigenvalue weighted by Gasteiger charge is -2.32. The molecule has 1 aromatic heterocycles. The minimum Gasteiger partial charge on any atom is -0.376 e. The highest BCUT2D eigenvalue weighted by Gasteiger charge is 2.26. The molecule has 5 nitrogen and oxygen atoms in total. The van der Waals surface area contributed by atoms with E-state index in [1.165, 1.54) is 18.4 Å². The zero-order valence-electron chi connectivity index (χ0n) is 17.4. The summed E-state index contributed by atoms with van der Waals surface area (Å²) in [5.41, 5.74) is 4.01. The number of nitrogens with one attached hydrogen (secondary N) is 2. The average Bonchev–Trinajstić information content (AvgIpc) is 3.42. The van der Waals surface area contributed by atoms with Gasteiger partial charge in [-0.15, -0.1) is 0 Å². The topological polar surface area (TPSA) is 57.4 Å². The maximum atomic E-state index is 12.9. The molecule has 2 fully saturated rings. The number of nitrogens with zero attached hydrogens (tertiary/aromatic N) is 1. The highest BCUT2D eigenvalue weighted by atomic mass is 32.1. The second kappa shape index (κ2) is 8.84. The first-order valence-corrected chi connectivity index (χ1v) is 11.2. The first-order valence-electron chi connectivity index (χ1n) is 10.8. The molecule has 1 atom stereocenters. The van der Waals surface area contributed by atoms with Crippen molar-refractivity contribution in [1.82, 2.24) is 15.2 Å². The first-order chi connectivity index (χ1) is 14.0. The van der Waals surface area contributed by atoms with Crippen molar-refractivity contribution in [1.29, 1.82) is 0 Å². The predicted octanol–water partition coefficient (Wildman–Crippen LogP) is 3.94. The molecule has 2 N–H and O–H groups in total. The van der Waals surface area contributed by atoms with E-state index in [-0.39, 0.29) is 11.7 Å². The quantitative estimate of drug-likeness (QED) is 0.727. The van der Waals surface area contributed by atoms with Crippen LogP contribution in [-0.2, 0) is 11.3 Å². The number of H-pyrrole nitrogens is 1. The van der Waals surface area contributed by atoms with Crippen LogP contribution in [0.15, 0.2) is 23.0 Å². The second-order valence-electron chi connectivity index (χ2n) is 8.48. The van der Waals surface area contributed by atoms with Crippen LogP contribution in [0, 0.1) is 13.8 Å². The van der Waals surface area contributed by atoms with E-state index in [4.69, 9.17) is 17.0 Å². The molecular weight excluding hydrogens is 382 g/mol. The average molecular weight is 414 g/mol. The monoisotopic (exact) mass is 413 g/mol. The lowest BCUT2D eigenvalue weighted by molar-refractivity contribution is 0.113. The van der Waals surface area contributed by atoms with Crippen molar-refractivity contribution in [3.63, 3.8) is 0 Å². The minimum atomic E-state index is -0.0175. The van der Waals surface area contributed by atoms with Crippen LogP contribution < -0.4 is 10.9 Å². The number of aryl methyl sites for hydroxylation is 2. The van der Waals surface area contributed by atoms with Gasteiger partial charge >= 0.3 is 0 Å². The zero-order valence-corrected chi connectivity index (χ0v) is 18.2. The fraction of sp³-hybridized carbons (Fsp3) is 0.565. The van der Waals surface area contributed by atoms with Crippen LogP contribution in [0.1, 0.15) is 55.2 Å². The van der Waals surface area contributed by atoms with Gasteiger partial charge in [-0.1, -0.05) is 25.0 Å². The van der Waals surface area contributed by atoms with Crippen molar-refractivity contribution >= 4 is 28.2 Å². The van der Waals surface area contributed by atoms with E-state index in [1.54, 1.807) is 0 Å². The molecule has 1 saturated carbocycles. The van der Waals surface area contributed by atoms with Crippen LogP contribution in [0.3, 0.4) is 0 Å². The van der Waals surface area contributed by atoms with Crippen molar-refractivity contribution < 1.29 is 4.74 Å². The molecule has 29 heavy (non-hydrogen) atoms. The van der Waals surface area contributed by atoms with E-state index >= 15 is 0 Å². The third-order valence-corrected chi connectivity index (χ3v) is 6.88. The van der Waals surface area contributed by atoms with Crippen molar-refractivity contribution in [2.24, 2.45) is 0 Å². The van der Waals surface area contributed by atoms with Gasteiger partial charge in [0, 0.05) is 24.8 Å². The molecule has 1 aromatic carbocycles. The summed E-state index contributed by atoms with van der Waals surface area (Å²) in [6.45, 7) is 6.26. The van der Waals surface area contributed by atoms with Gasteiger partial charge in [-0.3, -0.25) is 4.79 Å². The molecule has 2 aliphatic rings. The summed E-state index contributed by atoms with van der Waals surface area (Å²) in [5, 5.41) is 5.23. The third kappa shape index (κ3) is 4.48. The summed E-state index contributed by atoms with van der Waals surface area (Å²) in [7, 11) is 0. The summed E-state index contributed by atoms with van der Waals surface area (Å²) in [6, 6.07) is 6.63. The summed E-state index contributed by atoms with van der Waals surface area (Å²) < 4.78 is 5.72. The lowest BCUT2D eigenvalue weighted by Crippen LogP contribution is -2.47. The SMILES string of the molecule is Cc1ccc2cc(CN(C(=S)NCC3CCCO3)C3CCCC3)c(=O)[nH]c2c1C. The Balaban J connectivity index is 1.56. The number of hydrogen-bond donors (Lipinski definition) is 2. The van der Waals surface area contributed by atoms with Gasteiger partial charge in [0.15, 0.2) is 5.11 Å². The number of ether oxygens (including phenoxy) is 1. The molecule has 2 heterocycles. The number of hydrogen-bond acceptors (Lipinski definition) is 3. The van der Waals surface area contributed by atoms with Crippen LogP contribution in [0.2, 0.25) is 0 Å². The Morgan fingerprint density at radius 2 is 2.03 bits per heavy atom. The molecule has 0 spiro atoms. The van der Waals surface area contributed by atoms with Crippen molar-refractivity contribution in [2.45, 2.75) is 71.1 Å². The summed E-state index contributed by atoms with van der Waals surface area (Å²) >= 11 is 5.77. The molecular formula is C23H31N3O2S. The number of rotatable bonds is 5. The number of thiocarbonyl (C=S) groups is 1. The van der Waals surface area contributed by atoms with Gasteiger partial charge in [-0.05, 0) is 74.3 Å². The largest absolute Gasteiger partial charge is 0.376 e. The van der Waals surface area contributed by atoms with Gasteiger partial charge in [0.05, 0.1) is 18.2 Å². The lowest BCUT2D eigenvalue weighted by atomic mass is 10.0. The minimum absolute atomic E-state index is 0.0175. The molecule has 1 aliphatic carbocycles. The standard InChI is InChI=1S/C23H31N3O2S/c1-15-9-10-17-12-18(22(27)25-21(17)16(15)2)14-26(19-6-3-4-7-19)23(29)24-13-20-8-5-11-28-20/h9-10,12,19-20H,3-8,11,13-14H2,1-2H3,(H,24,29)(H,25,27). The Morgan fingerprint density at radius 1 is 1.24 bits per heavy atom. The zero-order chi connectivity index (χ0) is 20.4. The fourth-order valence-electron chi connectivity index (χ4n) is 4.56. The van der Waals surface area contributed by atoms with Crippen LogP contribution in [0.5, 0.6) is 0 Å². The van der Waals surface area contributed by atoms with Crippen LogP contribution in [-0.4, -0.2) is 40.3 Å². The Hall–Kier alpha value is -1.92. The summed E-state index contributed by atoms with van der Waals surface area (Å²) in [6.07, 6.45) is 7.16.